The van der Waals surface area contributed by atoms with Gasteiger partial charge in [-0.15, -0.1) is 0 Å². The molecule has 1 saturated heterocycles. The van der Waals surface area contributed by atoms with Crippen molar-refractivity contribution >= 4 is 0 Å². The monoisotopic (exact) mass is 124 g/mol. The summed E-state index contributed by atoms with van der Waals surface area (Å²) in [4.78, 5) is -1.88. The van der Waals surface area contributed by atoms with E-state index in [1.54, 1.807) is 0 Å². The number of morpholine rings is 1. The number of hydrogen-bond acceptors (Lipinski definition) is 1. The second-order valence-electron chi connectivity index (χ2n) is 1.83. The number of rotatable bonds is 0. The summed E-state index contributed by atoms with van der Waals surface area (Å²) in [7, 11) is 0. The van der Waals surface area contributed by atoms with E-state index in [-0.39, 0.29) is 26.3 Å². The number of hydrogen-bond donors (Lipinski definition) is 0. The van der Waals surface area contributed by atoms with Gasteiger partial charge in [0.25, 0.3) is 0 Å². The summed E-state index contributed by atoms with van der Waals surface area (Å²) >= 11 is 0. The standard InChI is InChI=1S/C4H8F2NO/c5-7(6)1-3-8-4-2-7/h1-4H2/q+1. The van der Waals surface area contributed by atoms with Gasteiger partial charge >= 0.3 is 0 Å². The van der Waals surface area contributed by atoms with Crippen molar-refractivity contribution < 1.29 is 18.6 Å². The highest BCUT2D eigenvalue weighted by Gasteiger charge is 2.32. The topological polar surface area (TPSA) is 9.23 Å². The fourth-order valence-corrected chi connectivity index (χ4v) is 0.610. The molecule has 0 spiro atoms. The molecule has 0 unspecified atom stereocenters. The molecular formula is C4H8F2NO+. The first-order valence-corrected chi connectivity index (χ1v) is 2.55. The lowest BCUT2D eigenvalue weighted by Gasteiger charge is -2.17. The average Bonchev–Trinajstić information content (AvgIpc) is 1.65. The van der Waals surface area contributed by atoms with Crippen LogP contribution in [0.2, 0.25) is 0 Å². The molecule has 0 amide bonds. The summed E-state index contributed by atoms with van der Waals surface area (Å²) < 4.78 is 28.8. The van der Waals surface area contributed by atoms with Crippen molar-refractivity contribution in [2.45, 2.75) is 0 Å². The van der Waals surface area contributed by atoms with Crippen LogP contribution in [0.4, 0.5) is 8.96 Å². The number of quaternary nitrogens is 1. The molecule has 0 aromatic heterocycles. The van der Waals surface area contributed by atoms with Crippen LogP contribution in [-0.2, 0) is 4.74 Å². The fraction of sp³-hybridized carbons (Fsp3) is 1.00. The molecule has 2 nitrogen and oxygen atoms in total. The van der Waals surface area contributed by atoms with Crippen LogP contribution in [0.25, 0.3) is 0 Å². The Kier molecular flexibility index (Phi) is 1.44. The van der Waals surface area contributed by atoms with Gasteiger partial charge in [-0.2, -0.15) is 0 Å². The SMILES string of the molecule is F[N+]1(F)CCOCC1. The third-order valence-electron chi connectivity index (χ3n) is 1.13. The third kappa shape index (κ3) is 1.38. The lowest BCUT2D eigenvalue weighted by atomic mass is 10.5. The predicted octanol–water partition coefficient (Wildman–Crippen LogP) is 0.602. The summed E-state index contributed by atoms with van der Waals surface area (Å²) in [5, 5.41) is 0. The minimum absolute atomic E-state index is 0.167. The van der Waals surface area contributed by atoms with E-state index in [1.807, 2.05) is 0 Å². The van der Waals surface area contributed by atoms with Crippen molar-refractivity contribution in [3.8, 4) is 0 Å². The quantitative estimate of drug-likeness (QED) is 0.430. The lowest BCUT2D eigenvalue weighted by molar-refractivity contribution is -1.17. The van der Waals surface area contributed by atoms with Gasteiger partial charge in [0.1, 0.15) is 13.2 Å². The van der Waals surface area contributed by atoms with Crippen LogP contribution in [0.15, 0.2) is 0 Å². The zero-order valence-corrected chi connectivity index (χ0v) is 4.44. The van der Waals surface area contributed by atoms with Crippen LogP contribution in [0.1, 0.15) is 0 Å². The summed E-state index contributed by atoms with van der Waals surface area (Å²) in [5.41, 5.74) is 0. The van der Waals surface area contributed by atoms with Crippen LogP contribution < -0.4 is 0 Å². The largest absolute Gasteiger partial charge is 0.369 e. The normalized spacial score (nSPS) is 27.8. The molecule has 8 heavy (non-hydrogen) atoms. The highest BCUT2D eigenvalue weighted by Crippen LogP contribution is 2.11. The molecule has 4 heteroatoms. The maximum atomic E-state index is 12.1. The van der Waals surface area contributed by atoms with E-state index < -0.39 is 4.93 Å². The molecule has 0 N–H and O–H groups in total. The highest BCUT2D eigenvalue weighted by atomic mass is 19.4. The molecule has 0 aromatic carbocycles. The number of halogens is 2. The van der Waals surface area contributed by atoms with Crippen LogP contribution in [0, 0.1) is 0 Å². The van der Waals surface area contributed by atoms with Gasteiger partial charge in [-0.05, 0) is 0 Å². The molecule has 0 radical (unpaired) electrons. The van der Waals surface area contributed by atoms with Crippen LogP contribution >= 0.6 is 0 Å². The van der Waals surface area contributed by atoms with Gasteiger partial charge in [0.2, 0.25) is 0 Å². The molecular weight excluding hydrogens is 116 g/mol. The first-order valence-electron chi connectivity index (χ1n) is 2.55. The first-order chi connectivity index (χ1) is 3.71. The Labute approximate surface area is 46.1 Å². The van der Waals surface area contributed by atoms with Crippen molar-refractivity contribution in [3.63, 3.8) is 0 Å². The third-order valence-corrected chi connectivity index (χ3v) is 1.13. The fourth-order valence-electron chi connectivity index (χ4n) is 0.610. The molecule has 1 aliphatic rings. The summed E-state index contributed by atoms with van der Waals surface area (Å²) in [6.07, 6.45) is 0. The smallest absolute Gasteiger partial charge is 0.178 e. The summed E-state index contributed by atoms with van der Waals surface area (Å²) in [5.74, 6) is 0. The zero-order chi connectivity index (χ0) is 6.04. The van der Waals surface area contributed by atoms with E-state index in [4.69, 9.17) is 4.74 Å². The number of nitrogens with zero attached hydrogens (tertiary/aromatic N) is 1. The van der Waals surface area contributed by atoms with Gasteiger partial charge in [-0.25, -0.2) is 0 Å². The molecule has 0 atom stereocenters. The Bertz CT molecular complexity index is 78.1. The van der Waals surface area contributed by atoms with Crippen molar-refractivity contribution in [2.75, 3.05) is 26.3 Å². The Balaban J connectivity index is 2.33. The van der Waals surface area contributed by atoms with Gasteiger partial charge in [0.05, 0.1) is 4.93 Å². The second-order valence-corrected chi connectivity index (χ2v) is 1.83. The van der Waals surface area contributed by atoms with Crippen LogP contribution in [0.5, 0.6) is 0 Å². The molecule has 48 valence electrons. The van der Waals surface area contributed by atoms with E-state index in [1.165, 1.54) is 0 Å². The molecule has 0 aliphatic carbocycles. The molecule has 1 aliphatic heterocycles. The van der Waals surface area contributed by atoms with E-state index in [2.05, 4.69) is 0 Å². The van der Waals surface area contributed by atoms with E-state index in [0.29, 0.717) is 0 Å². The van der Waals surface area contributed by atoms with Crippen molar-refractivity contribution in [2.24, 2.45) is 0 Å². The van der Waals surface area contributed by atoms with E-state index >= 15 is 0 Å². The second kappa shape index (κ2) is 1.95. The molecule has 0 saturated carbocycles. The molecule has 1 heterocycles. The van der Waals surface area contributed by atoms with Gasteiger partial charge in [-0.3, -0.25) is 0 Å². The number of ether oxygens (including phenoxy) is 1. The predicted molar refractivity (Wildman–Crippen MR) is 23.0 cm³/mol. The molecule has 0 aromatic rings. The maximum absolute atomic E-state index is 12.1. The van der Waals surface area contributed by atoms with E-state index in [0.717, 1.165) is 0 Å². The van der Waals surface area contributed by atoms with Crippen LogP contribution in [0.3, 0.4) is 0 Å². The van der Waals surface area contributed by atoms with Crippen molar-refractivity contribution in [1.29, 1.82) is 0 Å². The van der Waals surface area contributed by atoms with Crippen molar-refractivity contribution in [3.05, 3.63) is 0 Å². The minimum atomic E-state index is -1.88. The molecule has 1 fully saturated rings. The Morgan fingerprint density at radius 3 is 1.88 bits per heavy atom. The molecule has 0 bridgehead atoms. The Hall–Kier alpha value is -0.220. The highest BCUT2D eigenvalue weighted by molar-refractivity contribution is 4.35. The Morgan fingerprint density at radius 2 is 1.62 bits per heavy atom. The van der Waals surface area contributed by atoms with Crippen molar-refractivity contribution in [1.82, 2.24) is 0 Å². The first kappa shape index (κ1) is 5.91. The average molecular weight is 124 g/mol. The zero-order valence-electron chi connectivity index (χ0n) is 4.44. The van der Waals surface area contributed by atoms with E-state index in [9.17, 15) is 8.96 Å². The van der Waals surface area contributed by atoms with Gasteiger partial charge in [0.15, 0.2) is 13.1 Å². The summed E-state index contributed by atoms with van der Waals surface area (Å²) in [6, 6.07) is 0. The lowest BCUT2D eigenvalue weighted by Crippen LogP contribution is -2.41. The maximum Gasteiger partial charge on any atom is 0.178 e. The Morgan fingerprint density at radius 1 is 1.12 bits per heavy atom. The molecule has 1 rings (SSSR count). The minimum Gasteiger partial charge on any atom is -0.369 e. The van der Waals surface area contributed by atoms with Crippen LogP contribution in [-0.4, -0.2) is 31.2 Å². The van der Waals surface area contributed by atoms with Gasteiger partial charge in [0, 0.05) is 8.96 Å². The summed E-state index contributed by atoms with van der Waals surface area (Å²) in [6.45, 7) is 0.0417. The van der Waals surface area contributed by atoms with Gasteiger partial charge < -0.3 is 4.74 Å². The van der Waals surface area contributed by atoms with Gasteiger partial charge in [-0.1, -0.05) is 0 Å².